The lowest BCUT2D eigenvalue weighted by molar-refractivity contribution is 0.436. The van der Waals surface area contributed by atoms with Crippen molar-refractivity contribution in [1.29, 1.82) is 0 Å². The van der Waals surface area contributed by atoms with E-state index in [0.717, 1.165) is 55.7 Å². The molecule has 0 saturated heterocycles. The van der Waals surface area contributed by atoms with E-state index < -0.39 is 5.41 Å². The summed E-state index contributed by atoms with van der Waals surface area (Å²) in [6, 6.07) is 64.8. The lowest BCUT2D eigenvalue weighted by Crippen LogP contribution is -2.32. The molecule has 1 spiro atoms. The van der Waals surface area contributed by atoms with Crippen molar-refractivity contribution in [3.05, 3.63) is 226 Å². The molecular weight excluding hydrogens is 668 g/mol. The summed E-state index contributed by atoms with van der Waals surface area (Å²) >= 11 is 6.85. The molecule has 8 aromatic carbocycles. The Morgan fingerprint density at radius 1 is 0.472 bits per heavy atom. The largest absolute Gasteiger partial charge is 0.457 e. The average Bonchev–Trinajstić information content (AvgIpc) is 3.75. The van der Waals surface area contributed by atoms with Gasteiger partial charge in [-0.1, -0.05) is 157 Å². The second-order valence-corrected chi connectivity index (χ2v) is 14.5. The van der Waals surface area contributed by atoms with E-state index in [-0.39, 0.29) is 5.92 Å². The number of benzene rings is 8. The minimum absolute atomic E-state index is 0.112. The Morgan fingerprint density at radius 3 is 1.85 bits per heavy atom. The fraction of sp³-hybridized carbons (Fsp3) is 0.0400. The molecule has 3 heteroatoms. The number of hydrogen-bond acceptors (Lipinski definition) is 2. The first-order chi connectivity index (χ1) is 26.2. The second kappa shape index (κ2) is 11.6. The Balaban J connectivity index is 1.22. The van der Waals surface area contributed by atoms with Gasteiger partial charge in [0.15, 0.2) is 0 Å². The molecule has 250 valence electrons. The van der Waals surface area contributed by atoms with Gasteiger partial charge in [-0.3, -0.25) is 0 Å². The number of ether oxygens (including phenoxy) is 1. The molecular formula is C50H31ClO2. The molecule has 0 bridgehead atoms. The van der Waals surface area contributed by atoms with Crippen molar-refractivity contribution in [3.8, 4) is 33.8 Å². The fourth-order valence-corrected chi connectivity index (χ4v) is 9.38. The second-order valence-electron chi connectivity index (χ2n) is 14.1. The van der Waals surface area contributed by atoms with Crippen molar-refractivity contribution in [3.63, 3.8) is 0 Å². The third kappa shape index (κ3) is 4.33. The number of furan rings is 1. The molecule has 0 fully saturated rings. The Labute approximate surface area is 312 Å². The third-order valence-electron chi connectivity index (χ3n) is 11.3. The van der Waals surface area contributed by atoms with Crippen LogP contribution in [0.15, 0.2) is 186 Å². The number of para-hydroxylation sites is 1. The summed E-state index contributed by atoms with van der Waals surface area (Å²) in [6.45, 7) is 0. The highest BCUT2D eigenvalue weighted by molar-refractivity contribution is 6.30. The average molecular weight is 699 g/mol. The molecule has 1 aliphatic carbocycles. The molecule has 0 N–H and O–H groups in total. The van der Waals surface area contributed by atoms with Crippen LogP contribution in [0.25, 0.3) is 44.2 Å². The molecule has 2 heterocycles. The zero-order valence-electron chi connectivity index (χ0n) is 28.6. The van der Waals surface area contributed by atoms with Crippen LogP contribution in [0.2, 0.25) is 5.02 Å². The standard InChI is InChI=1S/C50H31ClO2/c51-34-24-28-46-43(30-34)50(40-20-10-7-17-36(40)37-18-8-11-21-41(37)50)42-29-33(23-27-45(42)52-46)47(32-15-5-2-6-16-32)39-26-25-35(31-13-3-1-4-14-31)49-48(39)38-19-9-12-22-44(38)53-49/h1-30,47H. The van der Waals surface area contributed by atoms with E-state index in [1.165, 1.54) is 38.9 Å². The molecule has 1 aliphatic heterocycles. The molecule has 0 amide bonds. The molecule has 1 atom stereocenters. The fourth-order valence-electron chi connectivity index (χ4n) is 9.21. The SMILES string of the molecule is Clc1ccc2c(c1)C1(c3cc(C(c4ccccc4)c4ccc(-c5ccccc5)c5oc6ccccc6c45)ccc3O2)c2ccccc2-c2ccccc21. The van der Waals surface area contributed by atoms with Crippen molar-refractivity contribution in [2.75, 3.05) is 0 Å². The van der Waals surface area contributed by atoms with E-state index in [1.807, 2.05) is 18.2 Å². The Hall–Kier alpha value is -6.35. The minimum atomic E-state index is -0.632. The van der Waals surface area contributed by atoms with E-state index >= 15 is 0 Å². The molecule has 53 heavy (non-hydrogen) atoms. The highest BCUT2D eigenvalue weighted by atomic mass is 35.5. The quantitative estimate of drug-likeness (QED) is 0.171. The first-order valence-corrected chi connectivity index (χ1v) is 18.4. The summed E-state index contributed by atoms with van der Waals surface area (Å²) in [5.41, 5.74) is 14.0. The van der Waals surface area contributed by atoms with Gasteiger partial charge in [0.1, 0.15) is 22.7 Å². The van der Waals surface area contributed by atoms with Crippen LogP contribution in [0.4, 0.5) is 0 Å². The van der Waals surface area contributed by atoms with Gasteiger partial charge in [-0.2, -0.15) is 0 Å². The predicted molar refractivity (Wildman–Crippen MR) is 215 cm³/mol. The zero-order chi connectivity index (χ0) is 35.1. The van der Waals surface area contributed by atoms with E-state index in [0.29, 0.717) is 5.02 Å². The Morgan fingerprint density at radius 2 is 1.09 bits per heavy atom. The molecule has 0 saturated carbocycles. The summed E-state index contributed by atoms with van der Waals surface area (Å²) in [4.78, 5) is 0. The zero-order valence-corrected chi connectivity index (χ0v) is 29.3. The summed E-state index contributed by atoms with van der Waals surface area (Å²) in [6.07, 6.45) is 0. The number of halogens is 1. The van der Waals surface area contributed by atoms with Crippen molar-refractivity contribution in [1.82, 2.24) is 0 Å². The summed E-state index contributed by atoms with van der Waals surface area (Å²) in [5, 5.41) is 2.92. The van der Waals surface area contributed by atoms with Crippen LogP contribution in [0.3, 0.4) is 0 Å². The molecule has 2 aliphatic rings. The molecule has 1 aromatic heterocycles. The van der Waals surface area contributed by atoms with Gasteiger partial charge in [0.25, 0.3) is 0 Å². The maximum Gasteiger partial charge on any atom is 0.143 e. The van der Waals surface area contributed by atoms with Crippen molar-refractivity contribution < 1.29 is 9.15 Å². The van der Waals surface area contributed by atoms with Gasteiger partial charge in [0.05, 0.1) is 5.41 Å². The van der Waals surface area contributed by atoms with E-state index in [2.05, 4.69) is 164 Å². The van der Waals surface area contributed by atoms with Gasteiger partial charge in [0.2, 0.25) is 0 Å². The van der Waals surface area contributed by atoms with Crippen molar-refractivity contribution in [2.45, 2.75) is 11.3 Å². The minimum Gasteiger partial charge on any atom is -0.457 e. The topological polar surface area (TPSA) is 22.4 Å². The molecule has 9 aromatic rings. The monoisotopic (exact) mass is 698 g/mol. The molecule has 11 rings (SSSR count). The smallest absolute Gasteiger partial charge is 0.143 e. The first kappa shape index (κ1) is 30.3. The van der Waals surface area contributed by atoms with Gasteiger partial charge in [-0.05, 0) is 80.9 Å². The van der Waals surface area contributed by atoms with E-state index in [1.54, 1.807) is 0 Å². The van der Waals surface area contributed by atoms with Gasteiger partial charge in [0, 0.05) is 38.4 Å². The first-order valence-electron chi connectivity index (χ1n) is 18.1. The predicted octanol–water partition coefficient (Wildman–Crippen LogP) is 13.6. The Bertz CT molecular complexity index is 2840. The molecule has 1 unspecified atom stereocenters. The van der Waals surface area contributed by atoms with Gasteiger partial charge in [-0.15, -0.1) is 0 Å². The van der Waals surface area contributed by atoms with Gasteiger partial charge in [-0.25, -0.2) is 0 Å². The van der Waals surface area contributed by atoms with Crippen LogP contribution >= 0.6 is 11.6 Å². The van der Waals surface area contributed by atoms with E-state index in [4.69, 9.17) is 20.8 Å². The van der Waals surface area contributed by atoms with Crippen LogP contribution in [-0.2, 0) is 5.41 Å². The molecule has 0 radical (unpaired) electrons. The van der Waals surface area contributed by atoms with E-state index in [9.17, 15) is 0 Å². The van der Waals surface area contributed by atoms with Gasteiger partial charge < -0.3 is 9.15 Å². The lowest BCUT2D eigenvalue weighted by atomic mass is 9.65. The highest BCUT2D eigenvalue weighted by Gasteiger charge is 2.51. The van der Waals surface area contributed by atoms with Crippen LogP contribution in [0.5, 0.6) is 11.5 Å². The van der Waals surface area contributed by atoms with Crippen LogP contribution in [0.1, 0.15) is 44.9 Å². The van der Waals surface area contributed by atoms with Gasteiger partial charge >= 0.3 is 0 Å². The summed E-state index contributed by atoms with van der Waals surface area (Å²) in [5.74, 6) is 1.56. The number of hydrogen-bond donors (Lipinski definition) is 0. The normalized spacial score (nSPS) is 14.0. The lowest BCUT2D eigenvalue weighted by Gasteiger charge is -2.40. The maximum atomic E-state index is 6.85. The summed E-state index contributed by atoms with van der Waals surface area (Å²) in [7, 11) is 0. The van der Waals surface area contributed by atoms with Crippen LogP contribution in [-0.4, -0.2) is 0 Å². The maximum absolute atomic E-state index is 6.85. The summed E-state index contributed by atoms with van der Waals surface area (Å²) < 4.78 is 13.6. The third-order valence-corrected chi connectivity index (χ3v) is 11.6. The van der Waals surface area contributed by atoms with Crippen molar-refractivity contribution >= 4 is 33.5 Å². The Kier molecular flexibility index (Phi) is 6.62. The van der Waals surface area contributed by atoms with Crippen molar-refractivity contribution in [2.24, 2.45) is 0 Å². The van der Waals surface area contributed by atoms with Crippen LogP contribution in [0, 0.1) is 0 Å². The number of fused-ring (bicyclic) bond motifs is 12. The highest BCUT2D eigenvalue weighted by Crippen LogP contribution is 2.62. The number of rotatable bonds is 4. The molecule has 2 nitrogen and oxygen atoms in total. The van der Waals surface area contributed by atoms with Crippen LogP contribution < -0.4 is 4.74 Å².